The molecule has 4 nitrogen and oxygen atoms in total. The van der Waals surface area contributed by atoms with E-state index in [1.54, 1.807) is 0 Å². The molecule has 110 valence electrons. The highest BCUT2D eigenvalue weighted by Crippen LogP contribution is 2.76. The molecule has 0 amide bonds. The van der Waals surface area contributed by atoms with Crippen molar-refractivity contribution in [2.45, 2.75) is 31.5 Å². The molecule has 21 heavy (non-hydrogen) atoms. The topological polar surface area (TPSA) is 52.6 Å². The van der Waals surface area contributed by atoms with Gasteiger partial charge < -0.3 is 9.47 Å². The highest BCUT2D eigenvalue weighted by Gasteiger charge is 2.83. The van der Waals surface area contributed by atoms with E-state index in [1.165, 1.54) is 7.11 Å². The van der Waals surface area contributed by atoms with Crippen molar-refractivity contribution in [2.75, 3.05) is 7.11 Å². The summed E-state index contributed by atoms with van der Waals surface area (Å²) in [5.41, 5.74) is -0.0283. The Labute approximate surface area is 123 Å². The fourth-order valence-corrected chi connectivity index (χ4v) is 4.71. The zero-order chi connectivity index (χ0) is 14.8. The monoisotopic (exact) mass is 286 g/mol. The molecule has 0 N–H and O–H groups in total. The maximum absolute atomic E-state index is 12.2. The number of ether oxygens (including phenoxy) is 2. The first kappa shape index (κ1) is 13.0. The lowest BCUT2D eigenvalue weighted by atomic mass is 9.79. The third-order valence-corrected chi connectivity index (χ3v) is 5.70. The third kappa shape index (κ3) is 1.39. The summed E-state index contributed by atoms with van der Waals surface area (Å²) in [6, 6.07) is 9.98. The van der Waals surface area contributed by atoms with Gasteiger partial charge in [-0.25, -0.2) is 0 Å². The summed E-state index contributed by atoms with van der Waals surface area (Å²) < 4.78 is 11.2. The molecule has 3 fully saturated rings. The van der Waals surface area contributed by atoms with Crippen molar-refractivity contribution in [3.63, 3.8) is 0 Å². The quantitative estimate of drug-likeness (QED) is 0.781. The molecule has 4 rings (SSSR count). The van der Waals surface area contributed by atoms with Crippen LogP contribution in [-0.2, 0) is 24.7 Å². The first-order chi connectivity index (χ1) is 10.1. The molecular formula is C17H18O4. The van der Waals surface area contributed by atoms with Gasteiger partial charge in [-0.3, -0.25) is 9.59 Å². The zero-order valence-corrected chi connectivity index (χ0v) is 12.2. The molecule has 5 atom stereocenters. The molecular weight excluding hydrogens is 268 g/mol. The van der Waals surface area contributed by atoms with Gasteiger partial charge in [-0.05, 0) is 18.9 Å². The van der Waals surface area contributed by atoms with Crippen LogP contribution in [0, 0.1) is 17.3 Å². The maximum Gasteiger partial charge on any atom is 0.312 e. The Morgan fingerprint density at radius 1 is 1.33 bits per heavy atom. The largest absolute Gasteiger partial charge is 0.469 e. The van der Waals surface area contributed by atoms with Gasteiger partial charge in [-0.15, -0.1) is 0 Å². The fraction of sp³-hybridized carbons (Fsp3) is 0.529. The van der Waals surface area contributed by atoms with Crippen LogP contribution in [0.1, 0.15) is 25.3 Å². The predicted molar refractivity (Wildman–Crippen MR) is 74.3 cm³/mol. The van der Waals surface area contributed by atoms with E-state index in [-0.39, 0.29) is 23.6 Å². The molecule has 0 aromatic heterocycles. The van der Waals surface area contributed by atoms with Crippen molar-refractivity contribution in [2.24, 2.45) is 17.3 Å². The zero-order valence-electron chi connectivity index (χ0n) is 12.2. The minimum atomic E-state index is -0.594. The number of Topliss-reactive ketones (excluding diaryl/α,β-unsaturated/α-hetero) is 1. The van der Waals surface area contributed by atoms with E-state index in [1.807, 2.05) is 37.3 Å². The van der Waals surface area contributed by atoms with Gasteiger partial charge in [0.15, 0.2) is 5.78 Å². The first-order valence-corrected chi connectivity index (χ1v) is 7.40. The van der Waals surface area contributed by atoms with Crippen molar-refractivity contribution in [1.29, 1.82) is 0 Å². The molecule has 2 aliphatic heterocycles. The summed E-state index contributed by atoms with van der Waals surface area (Å²) in [6.07, 6.45) is 0.734. The number of methoxy groups -OCH3 is 1. The number of carbonyl (C=O) groups is 2. The van der Waals surface area contributed by atoms with Gasteiger partial charge >= 0.3 is 5.97 Å². The van der Waals surface area contributed by atoms with E-state index in [0.29, 0.717) is 12.8 Å². The molecule has 0 radical (unpaired) electrons. The highest BCUT2D eigenvalue weighted by molar-refractivity contribution is 5.91. The number of hydrogen-bond acceptors (Lipinski definition) is 4. The Hall–Kier alpha value is -1.68. The molecule has 4 heteroatoms. The lowest BCUT2D eigenvalue weighted by molar-refractivity contribution is -0.170. The first-order valence-electron chi connectivity index (χ1n) is 7.40. The van der Waals surface area contributed by atoms with E-state index in [2.05, 4.69) is 0 Å². The molecule has 2 heterocycles. The molecule has 2 saturated heterocycles. The molecule has 0 spiro atoms. The predicted octanol–water partition coefficient (Wildman–Crippen LogP) is 2.07. The van der Waals surface area contributed by atoms with Crippen LogP contribution in [0.3, 0.4) is 0 Å². The van der Waals surface area contributed by atoms with Gasteiger partial charge in [0.2, 0.25) is 0 Å². The molecule has 2 bridgehead atoms. The van der Waals surface area contributed by atoms with Crippen LogP contribution in [0.15, 0.2) is 30.3 Å². The number of benzene rings is 1. The summed E-state index contributed by atoms with van der Waals surface area (Å²) in [6.45, 7) is 1.92. The van der Waals surface area contributed by atoms with Crippen LogP contribution in [0.5, 0.6) is 0 Å². The summed E-state index contributed by atoms with van der Waals surface area (Å²) in [5, 5.41) is 0. The second-order valence-corrected chi connectivity index (χ2v) is 6.54. The molecule has 1 aliphatic carbocycles. The normalized spacial score (nSPS) is 43.3. The molecule has 1 saturated carbocycles. The van der Waals surface area contributed by atoms with E-state index >= 15 is 0 Å². The fourth-order valence-electron chi connectivity index (χ4n) is 4.71. The van der Waals surface area contributed by atoms with Crippen molar-refractivity contribution >= 4 is 11.8 Å². The SMILES string of the molecule is COC(=O)[C@@]1(C)[C@@H]2[C@@H]3O[C@@](c4ccccc4)(CCC3=O)[C@@H]21. The minimum Gasteiger partial charge on any atom is -0.469 e. The smallest absolute Gasteiger partial charge is 0.312 e. The van der Waals surface area contributed by atoms with Crippen LogP contribution < -0.4 is 0 Å². The van der Waals surface area contributed by atoms with Gasteiger partial charge in [0.25, 0.3) is 0 Å². The number of rotatable bonds is 2. The number of fused-ring (bicyclic) bond motifs is 5. The average molecular weight is 286 g/mol. The van der Waals surface area contributed by atoms with Crippen LogP contribution >= 0.6 is 0 Å². The highest BCUT2D eigenvalue weighted by atomic mass is 16.5. The number of ketones is 1. The van der Waals surface area contributed by atoms with Crippen molar-refractivity contribution in [3.8, 4) is 0 Å². The molecule has 3 aliphatic rings. The second kappa shape index (κ2) is 3.95. The van der Waals surface area contributed by atoms with E-state index in [4.69, 9.17) is 9.47 Å². The summed E-state index contributed by atoms with van der Waals surface area (Å²) in [5.74, 6) is -0.0982. The third-order valence-electron chi connectivity index (χ3n) is 5.70. The van der Waals surface area contributed by atoms with E-state index in [9.17, 15) is 9.59 Å². The summed E-state index contributed by atoms with van der Waals surface area (Å²) in [4.78, 5) is 24.4. The maximum atomic E-state index is 12.2. The minimum absolute atomic E-state index is 0.0382. The Morgan fingerprint density at radius 3 is 2.71 bits per heavy atom. The summed E-state index contributed by atoms with van der Waals surface area (Å²) in [7, 11) is 1.41. The number of esters is 1. The van der Waals surface area contributed by atoms with Crippen molar-refractivity contribution < 1.29 is 19.1 Å². The standard InChI is InChI=1S/C17H18O4/c1-16(15(19)20-2)12-13-11(18)8-9-17(21-13,14(12)16)10-6-4-3-5-7-10/h3-7,12-14H,8-9H2,1-2H3/t12-,13-,14+,16+,17-/m1/s1. The second-order valence-electron chi connectivity index (χ2n) is 6.54. The average Bonchev–Trinajstić information content (AvgIpc) is 3.04. The van der Waals surface area contributed by atoms with Crippen LogP contribution in [0.4, 0.5) is 0 Å². The van der Waals surface area contributed by atoms with Crippen LogP contribution in [0.2, 0.25) is 0 Å². The van der Waals surface area contributed by atoms with Gasteiger partial charge in [-0.1, -0.05) is 30.3 Å². The number of carbonyl (C=O) groups excluding carboxylic acids is 2. The Bertz CT molecular complexity index is 625. The van der Waals surface area contributed by atoms with Gasteiger partial charge in [0, 0.05) is 18.3 Å². The van der Waals surface area contributed by atoms with Gasteiger partial charge in [0.1, 0.15) is 6.10 Å². The van der Waals surface area contributed by atoms with Gasteiger partial charge in [-0.2, -0.15) is 0 Å². The number of hydrogen-bond donors (Lipinski definition) is 0. The molecule has 0 unspecified atom stereocenters. The summed E-state index contributed by atoms with van der Waals surface area (Å²) >= 11 is 0. The lowest BCUT2D eigenvalue weighted by Gasteiger charge is -2.39. The Morgan fingerprint density at radius 2 is 2.05 bits per heavy atom. The lowest BCUT2D eigenvalue weighted by Crippen LogP contribution is -2.45. The van der Waals surface area contributed by atoms with Crippen molar-refractivity contribution in [1.82, 2.24) is 0 Å². The van der Waals surface area contributed by atoms with Crippen molar-refractivity contribution in [3.05, 3.63) is 35.9 Å². The van der Waals surface area contributed by atoms with Gasteiger partial charge in [0.05, 0.1) is 18.1 Å². The van der Waals surface area contributed by atoms with E-state index < -0.39 is 17.1 Å². The van der Waals surface area contributed by atoms with Crippen LogP contribution in [0.25, 0.3) is 0 Å². The van der Waals surface area contributed by atoms with E-state index in [0.717, 1.165) is 5.56 Å². The molecule has 1 aromatic carbocycles. The molecule has 1 aromatic rings. The Balaban J connectivity index is 1.82. The Kier molecular flexibility index (Phi) is 2.45. The van der Waals surface area contributed by atoms with Crippen LogP contribution in [-0.4, -0.2) is 25.0 Å².